The van der Waals surface area contributed by atoms with Crippen LogP contribution in [-0.2, 0) is 6.18 Å². The van der Waals surface area contributed by atoms with Crippen LogP contribution in [0.3, 0.4) is 0 Å². The summed E-state index contributed by atoms with van der Waals surface area (Å²) >= 11 is 6.47. The molecule has 3 aromatic rings. The van der Waals surface area contributed by atoms with Gasteiger partial charge in [0.05, 0.1) is 41.6 Å². The number of hydrogen-bond donors (Lipinski definition) is 1. The summed E-state index contributed by atoms with van der Waals surface area (Å²) in [7, 11) is 3.05. The molecule has 1 heterocycles. The summed E-state index contributed by atoms with van der Waals surface area (Å²) in [5, 5.41) is 9.61. The Balaban J connectivity index is 2.18. The van der Waals surface area contributed by atoms with E-state index >= 15 is 0 Å². The average Bonchev–Trinajstić information content (AvgIpc) is 2.87. The molecule has 0 atom stereocenters. The molecular weight excluding hydrogens is 509 g/mol. The summed E-state index contributed by atoms with van der Waals surface area (Å²) in [5.41, 5.74) is 5.61. The van der Waals surface area contributed by atoms with E-state index in [9.17, 15) is 23.2 Å². The number of nitrogens with two attached hydrogens (primary N) is 1. The maximum absolute atomic E-state index is 13.7. The second kappa shape index (κ2) is 11.5. The van der Waals surface area contributed by atoms with Gasteiger partial charge in [0.2, 0.25) is 0 Å². The number of para-hydroxylation sites is 1. The first-order chi connectivity index (χ1) is 17.5. The number of nitrogens with zero attached hydrogens (tertiary/aromatic N) is 3. The van der Waals surface area contributed by atoms with Crippen molar-refractivity contribution in [3.8, 4) is 28.7 Å². The fraction of sp³-hybridized carbons (Fsp3) is 0.269. The monoisotopic (exact) mass is 532 g/mol. The molecular formula is C26H24ClF3N4O3. The van der Waals surface area contributed by atoms with E-state index in [1.165, 1.54) is 24.1 Å². The number of anilines is 1. The molecule has 11 heteroatoms. The van der Waals surface area contributed by atoms with Crippen LogP contribution in [-0.4, -0.2) is 38.2 Å². The predicted octanol–water partition coefficient (Wildman–Crippen LogP) is 5.61. The molecule has 2 aromatic carbocycles. The van der Waals surface area contributed by atoms with Crippen molar-refractivity contribution in [1.82, 2.24) is 4.98 Å². The van der Waals surface area contributed by atoms with Crippen molar-refractivity contribution in [3.05, 3.63) is 70.0 Å². The third kappa shape index (κ3) is 5.96. The van der Waals surface area contributed by atoms with Gasteiger partial charge in [-0.15, -0.1) is 0 Å². The molecule has 1 aromatic heterocycles. The number of carbonyl (C=O) groups is 1. The zero-order valence-corrected chi connectivity index (χ0v) is 21.1. The molecule has 0 unspecified atom stereocenters. The Labute approximate surface area is 217 Å². The number of benzene rings is 2. The standard InChI is InChI=1S/C26H24ClF3N4O3/c1-15-6-4-7-21(36-3)24(15)34(2)25(35)18-11-17(20(27)12-22(18)37-9-5-8-31)19-14-33-23(26(28,29)30)10-16(19)13-32/h4,6-7,10-12,14H,5,8-9,31H2,1-3H3. The van der Waals surface area contributed by atoms with Crippen LogP contribution in [0.1, 0.15) is 33.6 Å². The van der Waals surface area contributed by atoms with Gasteiger partial charge < -0.3 is 20.1 Å². The Bertz CT molecular complexity index is 1360. The van der Waals surface area contributed by atoms with Crippen molar-refractivity contribution in [3.63, 3.8) is 0 Å². The first-order valence-electron chi connectivity index (χ1n) is 11.1. The Morgan fingerprint density at radius 2 is 1.95 bits per heavy atom. The van der Waals surface area contributed by atoms with Crippen molar-refractivity contribution in [1.29, 1.82) is 5.26 Å². The number of carbonyl (C=O) groups excluding carboxylic acids is 1. The average molecular weight is 533 g/mol. The molecule has 0 spiro atoms. The Kier molecular flexibility index (Phi) is 8.63. The third-order valence-electron chi connectivity index (χ3n) is 5.57. The molecule has 0 saturated carbocycles. The summed E-state index contributed by atoms with van der Waals surface area (Å²) in [6, 6.07) is 10.5. The van der Waals surface area contributed by atoms with Gasteiger partial charge in [-0.25, -0.2) is 0 Å². The highest BCUT2D eigenvalue weighted by molar-refractivity contribution is 6.34. The van der Waals surface area contributed by atoms with Gasteiger partial charge in [-0.05, 0) is 43.7 Å². The molecule has 0 radical (unpaired) electrons. The van der Waals surface area contributed by atoms with Crippen LogP contribution in [0.15, 0.2) is 42.6 Å². The number of ether oxygens (including phenoxy) is 2. The van der Waals surface area contributed by atoms with Gasteiger partial charge in [0.1, 0.15) is 17.2 Å². The highest BCUT2D eigenvalue weighted by atomic mass is 35.5. The van der Waals surface area contributed by atoms with Crippen LogP contribution in [0.4, 0.5) is 18.9 Å². The van der Waals surface area contributed by atoms with E-state index in [-0.39, 0.29) is 39.6 Å². The molecule has 0 aliphatic rings. The summed E-state index contributed by atoms with van der Waals surface area (Å²) in [4.78, 5) is 18.6. The van der Waals surface area contributed by atoms with E-state index in [1.807, 2.05) is 13.0 Å². The number of hydrogen-bond acceptors (Lipinski definition) is 6. The van der Waals surface area contributed by atoms with Gasteiger partial charge in [-0.2, -0.15) is 18.4 Å². The smallest absolute Gasteiger partial charge is 0.433 e. The minimum atomic E-state index is -4.73. The molecule has 194 valence electrons. The summed E-state index contributed by atoms with van der Waals surface area (Å²) in [6.07, 6.45) is -3.30. The molecule has 0 saturated heterocycles. The summed E-state index contributed by atoms with van der Waals surface area (Å²) in [6.45, 7) is 2.38. The molecule has 2 N–H and O–H groups in total. The number of rotatable bonds is 8. The van der Waals surface area contributed by atoms with Gasteiger partial charge in [-0.3, -0.25) is 9.78 Å². The lowest BCUT2D eigenvalue weighted by Gasteiger charge is -2.24. The molecule has 0 fully saturated rings. The number of alkyl halides is 3. The van der Waals surface area contributed by atoms with Gasteiger partial charge in [-0.1, -0.05) is 23.7 Å². The summed E-state index contributed by atoms with van der Waals surface area (Å²) < 4.78 is 50.7. The minimum Gasteiger partial charge on any atom is -0.495 e. The van der Waals surface area contributed by atoms with E-state index in [2.05, 4.69) is 4.98 Å². The normalized spacial score (nSPS) is 11.1. The molecule has 3 rings (SSSR count). The number of pyridine rings is 1. The van der Waals surface area contributed by atoms with Crippen LogP contribution >= 0.6 is 11.6 Å². The fourth-order valence-electron chi connectivity index (χ4n) is 3.74. The van der Waals surface area contributed by atoms with Gasteiger partial charge in [0.25, 0.3) is 5.91 Å². The lowest BCUT2D eigenvalue weighted by molar-refractivity contribution is -0.141. The molecule has 1 amide bonds. The minimum absolute atomic E-state index is 0.0409. The summed E-state index contributed by atoms with van der Waals surface area (Å²) in [5.74, 6) is 0.131. The van der Waals surface area contributed by atoms with Gasteiger partial charge in [0.15, 0.2) is 0 Å². The van der Waals surface area contributed by atoms with Crippen LogP contribution in [0, 0.1) is 18.3 Å². The van der Waals surface area contributed by atoms with Crippen molar-refractivity contribution in [2.45, 2.75) is 19.5 Å². The Morgan fingerprint density at radius 1 is 1.22 bits per heavy atom. The Hall–Kier alpha value is -3.81. The van der Waals surface area contributed by atoms with Crippen LogP contribution in [0.5, 0.6) is 11.5 Å². The number of halogens is 4. The van der Waals surface area contributed by atoms with Gasteiger partial charge >= 0.3 is 6.18 Å². The lowest BCUT2D eigenvalue weighted by Crippen LogP contribution is -2.28. The van der Waals surface area contributed by atoms with Crippen LogP contribution in [0.25, 0.3) is 11.1 Å². The molecule has 7 nitrogen and oxygen atoms in total. The van der Waals surface area contributed by atoms with E-state index < -0.39 is 17.8 Å². The number of aromatic nitrogens is 1. The maximum Gasteiger partial charge on any atom is 0.433 e. The van der Waals surface area contributed by atoms with Crippen molar-refractivity contribution >= 4 is 23.2 Å². The van der Waals surface area contributed by atoms with Crippen LogP contribution < -0.4 is 20.1 Å². The van der Waals surface area contributed by atoms with E-state index in [0.717, 1.165) is 11.8 Å². The highest BCUT2D eigenvalue weighted by Crippen LogP contribution is 2.39. The third-order valence-corrected chi connectivity index (χ3v) is 5.88. The van der Waals surface area contributed by atoms with E-state index in [1.54, 1.807) is 25.2 Å². The second-order valence-corrected chi connectivity index (χ2v) is 8.44. The van der Waals surface area contributed by atoms with E-state index in [0.29, 0.717) is 30.5 Å². The van der Waals surface area contributed by atoms with Gasteiger partial charge in [0, 0.05) is 30.4 Å². The highest BCUT2D eigenvalue weighted by Gasteiger charge is 2.33. The largest absolute Gasteiger partial charge is 0.495 e. The molecule has 0 aliphatic carbocycles. The zero-order chi connectivity index (χ0) is 27.3. The topological polar surface area (TPSA) is 101 Å². The Morgan fingerprint density at radius 3 is 2.57 bits per heavy atom. The van der Waals surface area contributed by atoms with Crippen molar-refractivity contribution in [2.75, 3.05) is 32.2 Å². The SMILES string of the molecule is COc1cccc(C)c1N(C)C(=O)c1cc(-c2cnc(C(F)(F)F)cc2C#N)c(Cl)cc1OCCCN. The lowest BCUT2D eigenvalue weighted by atomic mass is 9.98. The van der Waals surface area contributed by atoms with Crippen LogP contribution in [0.2, 0.25) is 5.02 Å². The quantitative estimate of drug-likeness (QED) is 0.378. The molecule has 0 bridgehead atoms. The van der Waals surface area contributed by atoms with Crippen molar-refractivity contribution in [2.24, 2.45) is 5.73 Å². The number of aryl methyl sites for hydroxylation is 1. The number of amides is 1. The molecule has 37 heavy (non-hydrogen) atoms. The first kappa shape index (κ1) is 27.8. The van der Waals surface area contributed by atoms with E-state index in [4.69, 9.17) is 26.8 Å². The van der Waals surface area contributed by atoms with Crippen molar-refractivity contribution < 1.29 is 27.4 Å². The number of methoxy groups -OCH3 is 1. The first-order valence-corrected chi connectivity index (χ1v) is 11.5. The second-order valence-electron chi connectivity index (χ2n) is 8.03. The fourth-order valence-corrected chi connectivity index (χ4v) is 4.00. The maximum atomic E-state index is 13.7. The number of nitriles is 1. The zero-order valence-electron chi connectivity index (χ0n) is 20.3. The predicted molar refractivity (Wildman–Crippen MR) is 134 cm³/mol. The molecule has 0 aliphatic heterocycles.